The standard InChI is InChI=1S/C23H21N/c1-17-7-5-6-10-21(17)23-16-15-22(24-23)20-13-11-19(12-14-20)18-8-3-2-4-9-18/h2-14,22H,15-16H2,1H3. The quantitative estimate of drug-likeness (QED) is 0.563. The Morgan fingerprint density at radius 3 is 2.17 bits per heavy atom. The minimum absolute atomic E-state index is 0.296. The van der Waals surface area contributed by atoms with Crippen LogP contribution in [0.4, 0.5) is 0 Å². The average molecular weight is 311 g/mol. The molecular weight excluding hydrogens is 290 g/mol. The molecule has 0 radical (unpaired) electrons. The molecule has 1 atom stereocenters. The van der Waals surface area contributed by atoms with E-state index in [-0.39, 0.29) is 0 Å². The lowest BCUT2D eigenvalue weighted by Gasteiger charge is -2.08. The second-order valence-electron chi connectivity index (χ2n) is 6.43. The van der Waals surface area contributed by atoms with Crippen LogP contribution in [0.5, 0.6) is 0 Å². The zero-order chi connectivity index (χ0) is 16.4. The van der Waals surface area contributed by atoms with E-state index in [9.17, 15) is 0 Å². The van der Waals surface area contributed by atoms with Crippen molar-refractivity contribution in [1.29, 1.82) is 0 Å². The van der Waals surface area contributed by atoms with E-state index in [1.54, 1.807) is 0 Å². The Kier molecular flexibility index (Phi) is 4.00. The van der Waals surface area contributed by atoms with Crippen molar-refractivity contribution in [2.24, 2.45) is 4.99 Å². The van der Waals surface area contributed by atoms with Gasteiger partial charge in [-0.1, -0.05) is 78.9 Å². The Morgan fingerprint density at radius 2 is 1.42 bits per heavy atom. The van der Waals surface area contributed by atoms with E-state index in [2.05, 4.69) is 85.8 Å². The summed E-state index contributed by atoms with van der Waals surface area (Å²) in [6.07, 6.45) is 2.17. The zero-order valence-electron chi connectivity index (χ0n) is 13.9. The predicted molar refractivity (Wildman–Crippen MR) is 102 cm³/mol. The fourth-order valence-electron chi connectivity index (χ4n) is 3.46. The summed E-state index contributed by atoms with van der Waals surface area (Å²) in [4.78, 5) is 5.01. The van der Waals surface area contributed by atoms with Gasteiger partial charge in [-0.15, -0.1) is 0 Å². The number of nitrogens with zero attached hydrogens (tertiary/aromatic N) is 1. The number of aryl methyl sites for hydroxylation is 1. The van der Waals surface area contributed by atoms with Crippen molar-refractivity contribution < 1.29 is 0 Å². The molecule has 0 saturated carbocycles. The highest BCUT2D eigenvalue weighted by Crippen LogP contribution is 2.32. The van der Waals surface area contributed by atoms with Crippen LogP contribution in [-0.4, -0.2) is 5.71 Å². The van der Waals surface area contributed by atoms with Crippen LogP contribution in [0.15, 0.2) is 83.9 Å². The van der Waals surface area contributed by atoms with Crippen LogP contribution in [0.1, 0.15) is 35.6 Å². The largest absolute Gasteiger partial charge is 0.281 e. The Hall–Kier alpha value is -2.67. The van der Waals surface area contributed by atoms with Crippen LogP contribution in [0.3, 0.4) is 0 Å². The molecule has 0 fully saturated rings. The van der Waals surface area contributed by atoms with Crippen molar-refractivity contribution in [2.45, 2.75) is 25.8 Å². The van der Waals surface area contributed by atoms with Crippen molar-refractivity contribution in [2.75, 3.05) is 0 Å². The Bertz CT molecular complexity index is 860. The highest BCUT2D eigenvalue weighted by molar-refractivity contribution is 6.02. The molecule has 1 heteroatoms. The predicted octanol–water partition coefficient (Wildman–Crippen LogP) is 5.99. The van der Waals surface area contributed by atoms with Gasteiger partial charge in [0.05, 0.1) is 6.04 Å². The molecule has 0 bridgehead atoms. The second kappa shape index (κ2) is 6.45. The van der Waals surface area contributed by atoms with Crippen LogP contribution in [0.25, 0.3) is 11.1 Å². The van der Waals surface area contributed by atoms with Crippen LogP contribution in [-0.2, 0) is 0 Å². The van der Waals surface area contributed by atoms with Gasteiger partial charge in [0, 0.05) is 5.71 Å². The fourth-order valence-corrected chi connectivity index (χ4v) is 3.46. The monoisotopic (exact) mass is 311 g/mol. The Balaban J connectivity index is 1.58. The van der Waals surface area contributed by atoms with Crippen molar-refractivity contribution in [3.8, 4) is 11.1 Å². The van der Waals surface area contributed by atoms with Gasteiger partial charge in [0.2, 0.25) is 0 Å². The van der Waals surface area contributed by atoms with Gasteiger partial charge >= 0.3 is 0 Å². The average Bonchev–Trinajstić information content (AvgIpc) is 3.13. The van der Waals surface area contributed by atoms with E-state index < -0.39 is 0 Å². The first-order valence-corrected chi connectivity index (χ1v) is 8.59. The lowest BCUT2D eigenvalue weighted by atomic mass is 9.99. The summed E-state index contributed by atoms with van der Waals surface area (Å²) in [5.41, 5.74) is 7.72. The first-order chi connectivity index (χ1) is 11.8. The van der Waals surface area contributed by atoms with E-state index in [0.717, 1.165) is 12.8 Å². The molecule has 3 aromatic rings. The van der Waals surface area contributed by atoms with Gasteiger partial charge in [0.1, 0.15) is 0 Å². The normalized spacial score (nSPS) is 16.9. The van der Waals surface area contributed by atoms with Gasteiger partial charge in [0.15, 0.2) is 0 Å². The van der Waals surface area contributed by atoms with E-state index in [4.69, 9.17) is 4.99 Å². The maximum atomic E-state index is 5.01. The minimum atomic E-state index is 0.296. The lowest BCUT2D eigenvalue weighted by molar-refractivity contribution is 0.723. The molecule has 0 aliphatic carbocycles. The van der Waals surface area contributed by atoms with Crippen molar-refractivity contribution in [3.05, 3.63) is 95.6 Å². The van der Waals surface area contributed by atoms with Crippen molar-refractivity contribution in [1.82, 2.24) is 0 Å². The summed E-state index contributed by atoms with van der Waals surface area (Å²) in [5, 5.41) is 0. The third kappa shape index (κ3) is 2.90. The molecule has 118 valence electrons. The van der Waals surface area contributed by atoms with Crippen LogP contribution < -0.4 is 0 Å². The first-order valence-electron chi connectivity index (χ1n) is 8.59. The molecule has 1 nitrogen and oxygen atoms in total. The van der Waals surface area contributed by atoms with Gasteiger partial charge in [-0.25, -0.2) is 0 Å². The first kappa shape index (κ1) is 14.9. The summed E-state index contributed by atoms with van der Waals surface area (Å²) in [5.74, 6) is 0. The van der Waals surface area contributed by atoms with Gasteiger partial charge in [-0.2, -0.15) is 0 Å². The van der Waals surface area contributed by atoms with E-state index in [1.807, 2.05) is 0 Å². The van der Waals surface area contributed by atoms with E-state index in [0.29, 0.717) is 6.04 Å². The molecule has 1 aliphatic rings. The van der Waals surface area contributed by atoms with Gasteiger partial charge in [-0.3, -0.25) is 4.99 Å². The summed E-state index contributed by atoms with van der Waals surface area (Å²) >= 11 is 0. The zero-order valence-corrected chi connectivity index (χ0v) is 13.9. The number of benzene rings is 3. The van der Waals surface area contributed by atoms with Crippen LogP contribution >= 0.6 is 0 Å². The van der Waals surface area contributed by atoms with Gasteiger partial charge < -0.3 is 0 Å². The Labute approximate surface area is 143 Å². The topological polar surface area (TPSA) is 12.4 Å². The number of rotatable bonds is 3. The maximum Gasteiger partial charge on any atom is 0.0756 e. The molecule has 24 heavy (non-hydrogen) atoms. The van der Waals surface area contributed by atoms with Crippen LogP contribution in [0.2, 0.25) is 0 Å². The molecule has 1 heterocycles. The summed E-state index contributed by atoms with van der Waals surface area (Å²) in [6.45, 7) is 2.17. The molecule has 0 aromatic heterocycles. The molecular formula is C23H21N. The molecule has 3 aromatic carbocycles. The van der Waals surface area contributed by atoms with E-state index >= 15 is 0 Å². The summed E-state index contributed by atoms with van der Waals surface area (Å²) in [7, 11) is 0. The van der Waals surface area contributed by atoms with Crippen molar-refractivity contribution >= 4 is 5.71 Å². The number of aliphatic imine (C=N–C) groups is 1. The van der Waals surface area contributed by atoms with Crippen molar-refractivity contribution in [3.63, 3.8) is 0 Å². The summed E-state index contributed by atoms with van der Waals surface area (Å²) in [6, 6.07) is 28.3. The van der Waals surface area contributed by atoms with Crippen LogP contribution in [0, 0.1) is 6.92 Å². The molecule has 1 aliphatic heterocycles. The summed E-state index contributed by atoms with van der Waals surface area (Å²) < 4.78 is 0. The minimum Gasteiger partial charge on any atom is -0.281 e. The van der Waals surface area contributed by atoms with Gasteiger partial charge in [-0.05, 0) is 47.6 Å². The highest BCUT2D eigenvalue weighted by atomic mass is 14.8. The molecule has 0 N–H and O–H groups in total. The number of hydrogen-bond donors (Lipinski definition) is 0. The SMILES string of the molecule is Cc1ccccc1C1=NC(c2ccc(-c3ccccc3)cc2)CC1. The molecule has 0 amide bonds. The second-order valence-corrected chi connectivity index (χ2v) is 6.43. The molecule has 0 saturated heterocycles. The smallest absolute Gasteiger partial charge is 0.0756 e. The molecule has 0 spiro atoms. The Morgan fingerprint density at radius 1 is 0.750 bits per heavy atom. The highest BCUT2D eigenvalue weighted by Gasteiger charge is 2.20. The lowest BCUT2D eigenvalue weighted by Crippen LogP contribution is -1.98. The third-order valence-corrected chi connectivity index (χ3v) is 4.82. The maximum absolute atomic E-state index is 5.01. The number of hydrogen-bond acceptors (Lipinski definition) is 1. The molecule has 1 unspecified atom stereocenters. The fraction of sp³-hybridized carbons (Fsp3) is 0.174. The van der Waals surface area contributed by atoms with E-state index in [1.165, 1.54) is 33.5 Å². The van der Waals surface area contributed by atoms with Gasteiger partial charge in [0.25, 0.3) is 0 Å². The molecule has 4 rings (SSSR count). The third-order valence-electron chi connectivity index (χ3n) is 4.82.